The van der Waals surface area contributed by atoms with Crippen molar-refractivity contribution in [2.45, 2.75) is 6.54 Å². The topological polar surface area (TPSA) is 110 Å². The van der Waals surface area contributed by atoms with E-state index in [-0.39, 0.29) is 11.6 Å². The van der Waals surface area contributed by atoms with Gasteiger partial charge in [0, 0.05) is 11.9 Å². The molecule has 78 valence electrons. The first-order chi connectivity index (χ1) is 7.29. The zero-order chi connectivity index (χ0) is 10.7. The first-order valence-corrected chi connectivity index (χ1v) is 4.99. The molecule has 0 saturated heterocycles. The predicted octanol–water partition coefficient (Wildman–Crippen LogP) is -0.0278. The largest absolute Gasteiger partial charge is 0.325 e. The van der Waals surface area contributed by atoms with Gasteiger partial charge in [0.15, 0.2) is 10.8 Å². The van der Waals surface area contributed by atoms with E-state index in [4.69, 9.17) is 5.73 Å². The molecule has 15 heavy (non-hydrogen) atoms. The van der Waals surface area contributed by atoms with Crippen LogP contribution in [0.4, 0.5) is 5.13 Å². The van der Waals surface area contributed by atoms with Gasteiger partial charge in [-0.05, 0) is 0 Å². The Kier molecular flexibility index (Phi) is 2.70. The van der Waals surface area contributed by atoms with Gasteiger partial charge >= 0.3 is 0 Å². The Bertz CT molecular complexity index is 450. The summed E-state index contributed by atoms with van der Waals surface area (Å²) in [5, 5.41) is 14.4. The molecule has 0 atom stereocenters. The molecule has 0 saturated carbocycles. The number of carbonyl (C=O) groups is 1. The lowest BCUT2D eigenvalue weighted by atomic mass is 10.4. The lowest BCUT2D eigenvalue weighted by Crippen LogP contribution is -2.12. The van der Waals surface area contributed by atoms with Crippen LogP contribution in [0.25, 0.3) is 0 Å². The molecule has 0 radical (unpaired) electrons. The summed E-state index contributed by atoms with van der Waals surface area (Å²) >= 11 is 1.32. The highest BCUT2D eigenvalue weighted by Gasteiger charge is 2.10. The van der Waals surface area contributed by atoms with Crippen LogP contribution in [0.2, 0.25) is 0 Å². The lowest BCUT2D eigenvalue weighted by Gasteiger charge is -1.95. The number of nitrogens with one attached hydrogen (secondary N) is 2. The van der Waals surface area contributed by atoms with Gasteiger partial charge in [0.2, 0.25) is 0 Å². The Balaban J connectivity index is 2.06. The van der Waals surface area contributed by atoms with Crippen molar-refractivity contribution in [2.75, 3.05) is 5.32 Å². The van der Waals surface area contributed by atoms with Crippen molar-refractivity contribution in [1.82, 2.24) is 20.4 Å². The van der Waals surface area contributed by atoms with Crippen LogP contribution in [0.5, 0.6) is 0 Å². The van der Waals surface area contributed by atoms with Crippen LogP contribution >= 0.6 is 11.3 Å². The zero-order valence-corrected chi connectivity index (χ0v) is 8.41. The third-order valence-corrected chi connectivity index (χ3v) is 2.44. The molecule has 4 N–H and O–H groups in total. The van der Waals surface area contributed by atoms with Crippen LogP contribution in [0, 0.1) is 0 Å². The summed E-state index contributed by atoms with van der Waals surface area (Å²) in [7, 11) is 0. The van der Waals surface area contributed by atoms with Gasteiger partial charge in [-0.1, -0.05) is 0 Å². The van der Waals surface area contributed by atoms with Gasteiger partial charge in [0.1, 0.15) is 0 Å². The van der Waals surface area contributed by atoms with Crippen molar-refractivity contribution in [2.24, 2.45) is 5.73 Å². The number of thiazole rings is 1. The number of hydrogen-bond donors (Lipinski definition) is 3. The summed E-state index contributed by atoms with van der Waals surface area (Å²) in [6, 6.07) is 0. The molecule has 7 nitrogen and oxygen atoms in total. The van der Waals surface area contributed by atoms with Crippen molar-refractivity contribution in [3.63, 3.8) is 0 Å². The number of hydrogen-bond acceptors (Lipinski definition) is 6. The number of rotatable bonds is 3. The van der Waals surface area contributed by atoms with Crippen LogP contribution in [0.15, 0.2) is 11.6 Å². The Morgan fingerprint density at radius 2 is 2.53 bits per heavy atom. The molecule has 0 unspecified atom stereocenters. The second-order valence-electron chi connectivity index (χ2n) is 2.66. The molecule has 8 heteroatoms. The number of anilines is 1. The van der Waals surface area contributed by atoms with E-state index in [1.54, 1.807) is 5.38 Å². The Morgan fingerprint density at radius 1 is 1.67 bits per heavy atom. The molecule has 0 aliphatic heterocycles. The number of amides is 1. The van der Waals surface area contributed by atoms with Crippen molar-refractivity contribution < 1.29 is 4.79 Å². The van der Waals surface area contributed by atoms with Crippen LogP contribution in [0.3, 0.4) is 0 Å². The minimum Gasteiger partial charge on any atom is -0.325 e. The van der Waals surface area contributed by atoms with Gasteiger partial charge in [0.05, 0.1) is 11.9 Å². The number of nitrogens with two attached hydrogens (primary N) is 1. The SMILES string of the molecule is NCc1csc(NC(=O)c2cn[nH]n2)n1. The maximum absolute atomic E-state index is 11.5. The molecule has 0 aromatic carbocycles. The first kappa shape index (κ1) is 9.74. The van der Waals surface area contributed by atoms with E-state index in [9.17, 15) is 4.79 Å². The fraction of sp³-hybridized carbons (Fsp3) is 0.143. The molecule has 2 aromatic heterocycles. The highest BCUT2D eigenvalue weighted by atomic mass is 32.1. The molecule has 2 heterocycles. The normalized spacial score (nSPS) is 10.2. The van der Waals surface area contributed by atoms with Crippen LogP contribution in [0.1, 0.15) is 16.2 Å². The van der Waals surface area contributed by atoms with Crippen molar-refractivity contribution >= 4 is 22.4 Å². The van der Waals surface area contributed by atoms with E-state index in [2.05, 4.69) is 25.7 Å². The van der Waals surface area contributed by atoms with Crippen molar-refractivity contribution in [3.8, 4) is 0 Å². The molecular formula is C7H8N6OS. The zero-order valence-electron chi connectivity index (χ0n) is 7.60. The molecular weight excluding hydrogens is 216 g/mol. The molecule has 2 aromatic rings. The fourth-order valence-electron chi connectivity index (χ4n) is 0.930. The summed E-state index contributed by atoms with van der Waals surface area (Å²) in [6.07, 6.45) is 1.34. The fourth-order valence-corrected chi connectivity index (χ4v) is 1.65. The number of carbonyl (C=O) groups excluding carboxylic acids is 1. The predicted molar refractivity (Wildman–Crippen MR) is 54.3 cm³/mol. The van der Waals surface area contributed by atoms with Crippen LogP contribution in [-0.2, 0) is 6.54 Å². The van der Waals surface area contributed by atoms with Gasteiger partial charge in [-0.3, -0.25) is 10.1 Å². The Labute approximate surface area is 88.7 Å². The maximum atomic E-state index is 11.5. The smallest absolute Gasteiger partial charge is 0.279 e. The van der Waals surface area contributed by atoms with Gasteiger partial charge in [-0.15, -0.1) is 11.3 Å². The number of H-pyrrole nitrogens is 1. The molecule has 0 spiro atoms. The molecule has 0 bridgehead atoms. The molecule has 1 amide bonds. The molecule has 0 aliphatic rings. The molecule has 0 fully saturated rings. The summed E-state index contributed by atoms with van der Waals surface area (Å²) in [6.45, 7) is 0.357. The van der Waals surface area contributed by atoms with E-state index in [1.807, 2.05) is 0 Å². The molecule has 0 aliphatic carbocycles. The van der Waals surface area contributed by atoms with Crippen LogP contribution in [-0.4, -0.2) is 26.3 Å². The summed E-state index contributed by atoms with van der Waals surface area (Å²) in [5.41, 5.74) is 6.36. The number of aromatic nitrogens is 4. The van der Waals surface area contributed by atoms with Gasteiger partial charge in [-0.25, -0.2) is 4.98 Å². The van der Waals surface area contributed by atoms with Gasteiger partial charge < -0.3 is 5.73 Å². The minimum atomic E-state index is -0.346. The standard InChI is InChI=1S/C7H8N6OS/c8-1-4-3-15-7(10-4)11-6(14)5-2-9-13-12-5/h2-3H,1,8H2,(H,9,12,13)(H,10,11,14). The number of aromatic amines is 1. The average Bonchev–Trinajstić information content (AvgIpc) is 2.87. The monoisotopic (exact) mass is 224 g/mol. The van der Waals surface area contributed by atoms with E-state index in [0.29, 0.717) is 11.7 Å². The van der Waals surface area contributed by atoms with Gasteiger partial charge in [-0.2, -0.15) is 15.4 Å². The van der Waals surface area contributed by atoms with E-state index < -0.39 is 0 Å². The second-order valence-corrected chi connectivity index (χ2v) is 3.52. The third-order valence-electron chi connectivity index (χ3n) is 1.63. The van der Waals surface area contributed by atoms with E-state index in [0.717, 1.165) is 5.69 Å². The van der Waals surface area contributed by atoms with Crippen molar-refractivity contribution in [1.29, 1.82) is 0 Å². The minimum absolute atomic E-state index is 0.222. The maximum Gasteiger partial charge on any atom is 0.279 e. The summed E-state index contributed by atoms with van der Waals surface area (Å²) in [4.78, 5) is 15.6. The van der Waals surface area contributed by atoms with E-state index >= 15 is 0 Å². The Hall–Kier alpha value is -1.80. The second kappa shape index (κ2) is 4.15. The van der Waals surface area contributed by atoms with Gasteiger partial charge in [0.25, 0.3) is 5.91 Å². The highest BCUT2D eigenvalue weighted by Crippen LogP contribution is 2.15. The lowest BCUT2D eigenvalue weighted by molar-refractivity contribution is 0.102. The average molecular weight is 224 g/mol. The summed E-state index contributed by atoms with van der Waals surface area (Å²) < 4.78 is 0. The first-order valence-electron chi connectivity index (χ1n) is 4.11. The number of nitrogens with zero attached hydrogens (tertiary/aromatic N) is 3. The highest BCUT2D eigenvalue weighted by molar-refractivity contribution is 7.13. The van der Waals surface area contributed by atoms with Crippen molar-refractivity contribution in [3.05, 3.63) is 23.0 Å². The summed E-state index contributed by atoms with van der Waals surface area (Å²) in [5.74, 6) is -0.346. The Morgan fingerprint density at radius 3 is 3.13 bits per heavy atom. The molecule has 2 rings (SSSR count). The third kappa shape index (κ3) is 2.17. The quantitative estimate of drug-likeness (QED) is 0.678. The van der Waals surface area contributed by atoms with E-state index in [1.165, 1.54) is 17.5 Å². The van der Waals surface area contributed by atoms with Crippen LogP contribution < -0.4 is 11.1 Å².